The third-order valence-electron chi connectivity index (χ3n) is 4.58. The van der Waals surface area contributed by atoms with Crippen LogP contribution < -0.4 is 0 Å². The van der Waals surface area contributed by atoms with Crippen molar-refractivity contribution >= 4 is 21.9 Å². The van der Waals surface area contributed by atoms with Crippen LogP contribution in [0, 0.1) is 17.8 Å². The first-order valence-electron chi connectivity index (χ1n) is 6.60. The predicted octanol–water partition coefficient (Wildman–Crippen LogP) is 3.54. The summed E-state index contributed by atoms with van der Waals surface area (Å²) in [7, 11) is 0. The number of benzene rings is 1. The molecule has 3 rings (SSSR count). The van der Waals surface area contributed by atoms with Gasteiger partial charge in [0.2, 0.25) is 0 Å². The first-order valence-corrected chi connectivity index (χ1v) is 7.39. The summed E-state index contributed by atoms with van der Waals surface area (Å²) in [6, 6.07) is 8.41. The zero-order valence-electron chi connectivity index (χ0n) is 10.7. The van der Waals surface area contributed by atoms with Crippen LogP contribution in [0.2, 0.25) is 0 Å². The number of hydrogen-bond donors (Lipinski definition) is 0. The lowest BCUT2D eigenvalue weighted by molar-refractivity contribution is -0.146. The van der Waals surface area contributed by atoms with Gasteiger partial charge in [0.05, 0.1) is 12.5 Å². The molecule has 0 saturated heterocycles. The third-order valence-corrected chi connectivity index (χ3v) is 5.11. The molecule has 2 nitrogen and oxygen atoms in total. The van der Waals surface area contributed by atoms with Crippen LogP contribution in [0.5, 0.6) is 0 Å². The maximum absolute atomic E-state index is 11.9. The Balaban J connectivity index is 1.85. The van der Waals surface area contributed by atoms with Gasteiger partial charge in [-0.1, -0.05) is 41.4 Å². The Morgan fingerprint density at radius 1 is 1.33 bits per heavy atom. The number of esters is 1. The molecule has 0 bridgehead atoms. The molecular formula is C15H17BrO2. The van der Waals surface area contributed by atoms with Crippen LogP contribution in [0.3, 0.4) is 0 Å². The van der Waals surface area contributed by atoms with Crippen LogP contribution in [-0.4, -0.2) is 12.6 Å². The first-order chi connectivity index (χ1) is 8.67. The standard InChI is InChI=1S/C15H17BrO2/c1-3-11-12-13(14(17)18-4-2)15(11,12)9-5-7-10(16)8-6-9/h5-8,11-13H,3-4H2,1-2H3/t11?,12?,13-,15?/m0/s1. The van der Waals surface area contributed by atoms with E-state index >= 15 is 0 Å². The summed E-state index contributed by atoms with van der Waals surface area (Å²) < 4.78 is 6.27. The van der Waals surface area contributed by atoms with Gasteiger partial charge in [-0.25, -0.2) is 0 Å². The molecule has 3 heteroatoms. The van der Waals surface area contributed by atoms with Gasteiger partial charge >= 0.3 is 5.97 Å². The molecule has 1 aromatic rings. The molecule has 2 fully saturated rings. The van der Waals surface area contributed by atoms with E-state index in [1.807, 2.05) is 6.92 Å². The summed E-state index contributed by atoms with van der Waals surface area (Å²) in [6.45, 7) is 4.56. The fourth-order valence-corrected chi connectivity index (χ4v) is 4.05. The summed E-state index contributed by atoms with van der Waals surface area (Å²) in [5.74, 6) is 1.31. The number of hydrogen-bond acceptors (Lipinski definition) is 2. The van der Waals surface area contributed by atoms with E-state index in [4.69, 9.17) is 4.74 Å². The number of ether oxygens (including phenoxy) is 1. The molecular weight excluding hydrogens is 292 g/mol. The summed E-state index contributed by atoms with van der Waals surface area (Å²) in [5.41, 5.74) is 1.42. The fraction of sp³-hybridized carbons (Fsp3) is 0.533. The number of halogens is 1. The molecule has 0 aliphatic heterocycles. The van der Waals surface area contributed by atoms with Crippen molar-refractivity contribution in [1.29, 1.82) is 0 Å². The molecule has 96 valence electrons. The normalized spacial score (nSPS) is 35.8. The van der Waals surface area contributed by atoms with E-state index in [9.17, 15) is 4.79 Å². The summed E-state index contributed by atoms with van der Waals surface area (Å²) in [5, 5.41) is 0. The van der Waals surface area contributed by atoms with E-state index in [2.05, 4.69) is 47.1 Å². The Bertz CT molecular complexity index is 482. The van der Waals surface area contributed by atoms with Gasteiger partial charge in [-0.15, -0.1) is 0 Å². The highest BCUT2D eigenvalue weighted by molar-refractivity contribution is 9.10. The smallest absolute Gasteiger partial charge is 0.310 e. The van der Waals surface area contributed by atoms with Gasteiger partial charge in [0.25, 0.3) is 0 Å². The van der Waals surface area contributed by atoms with Gasteiger partial charge in [0, 0.05) is 9.89 Å². The Morgan fingerprint density at radius 2 is 2.00 bits per heavy atom. The monoisotopic (exact) mass is 308 g/mol. The van der Waals surface area contributed by atoms with Gasteiger partial charge in [0.15, 0.2) is 0 Å². The second kappa shape index (κ2) is 4.09. The van der Waals surface area contributed by atoms with Crippen molar-refractivity contribution in [2.45, 2.75) is 25.7 Å². The Kier molecular flexibility index (Phi) is 2.77. The molecule has 0 amide bonds. The van der Waals surface area contributed by atoms with Crippen molar-refractivity contribution in [3.8, 4) is 0 Å². The molecule has 1 aromatic carbocycles. The lowest BCUT2D eigenvalue weighted by Gasteiger charge is -2.17. The second-order valence-corrected chi connectivity index (χ2v) is 6.13. The molecule has 0 radical (unpaired) electrons. The van der Waals surface area contributed by atoms with E-state index in [1.165, 1.54) is 5.56 Å². The fourth-order valence-electron chi connectivity index (χ4n) is 3.78. The molecule has 18 heavy (non-hydrogen) atoms. The molecule has 0 spiro atoms. The third kappa shape index (κ3) is 1.43. The average Bonchev–Trinajstić information content (AvgIpc) is 3.19. The Hall–Kier alpha value is -0.830. The Labute approximate surface area is 116 Å². The van der Waals surface area contributed by atoms with Gasteiger partial charge in [-0.3, -0.25) is 4.79 Å². The number of carbonyl (C=O) groups excluding carboxylic acids is 1. The lowest BCUT2D eigenvalue weighted by atomic mass is 9.88. The molecule has 3 unspecified atom stereocenters. The molecule has 4 atom stereocenters. The average molecular weight is 309 g/mol. The van der Waals surface area contributed by atoms with Crippen LogP contribution >= 0.6 is 15.9 Å². The zero-order valence-corrected chi connectivity index (χ0v) is 12.2. The van der Waals surface area contributed by atoms with E-state index in [0.29, 0.717) is 18.4 Å². The van der Waals surface area contributed by atoms with Crippen LogP contribution in [0.25, 0.3) is 0 Å². The van der Waals surface area contributed by atoms with Gasteiger partial charge < -0.3 is 4.74 Å². The highest BCUT2D eigenvalue weighted by Gasteiger charge is 2.88. The van der Waals surface area contributed by atoms with Crippen LogP contribution in [0.1, 0.15) is 25.8 Å². The minimum absolute atomic E-state index is 0.00452. The SMILES string of the molecule is CCOC(=O)[C@@H]1C2C(CC)C21c1ccc(Br)cc1. The molecule has 2 aliphatic carbocycles. The molecule has 2 aliphatic rings. The molecule has 0 aromatic heterocycles. The second-order valence-electron chi connectivity index (χ2n) is 5.21. The zero-order chi connectivity index (χ0) is 12.9. The molecule has 2 saturated carbocycles. The topological polar surface area (TPSA) is 26.3 Å². The largest absolute Gasteiger partial charge is 0.466 e. The van der Waals surface area contributed by atoms with Crippen LogP contribution in [0.15, 0.2) is 28.7 Å². The van der Waals surface area contributed by atoms with Crippen molar-refractivity contribution in [1.82, 2.24) is 0 Å². The van der Waals surface area contributed by atoms with Crippen molar-refractivity contribution < 1.29 is 9.53 Å². The number of carbonyl (C=O) groups is 1. The minimum Gasteiger partial charge on any atom is -0.466 e. The maximum atomic E-state index is 11.9. The number of fused-ring (bicyclic) bond motifs is 1. The van der Waals surface area contributed by atoms with E-state index < -0.39 is 0 Å². The summed E-state index contributed by atoms with van der Waals surface area (Å²) in [6.07, 6.45) is 1.15. The van der Waals surface area contributed by atoms with Crippen molar-refractivity contribution in [2.24, 2.45) is 17.8 Å². The maximum Gasteiger partial charge on any atom is 0.310 e. The Morgan fingerprint density at radius 3 is 2.56 bits per heavy atom. The van der Waals surface area contributed by atoms with E-state index in [0.717, 1.165) is 10.9 Å². The number of rotatable bonds is 4. The summed E-state index contributed by atoms with van der Waals surface area (Å²) in [4.78, 5) is 11.9. The highest BCUT2D eigenvalue weighted by Crippen LogP contribution is 2.85. The predicted molar refractivity (Wildman–Crippen MR) is 73.2 cm³/mol. The van der Waals surface area contributed by atoms with E-state index in [1.54, 1.807) is 0 Å². The molecule has 0 N–H and O–H groups in total. The van der Waals surface area contributed by atoms with Crippen molar-refractivity contribution in [3.05, 3.63) is 34.3 Å². The highest BCUT2D eigenvalue weighted by atomic mass is 79.9. The summed E-state index contributed by atoms with van der Waals surface area (Å²) >= 11 is 3.46. The van der Waals surface area contributed by atoms with Gasteiger partial charge in [-0.2, -0.15) is 0 Å². The van der Waals surface area contributed by atoms with Gasteiger partial charge in [-0.05, 0) is 36.5 Å². The minimum atomic E-state index is -0.00452. The first kappa shape index (κ1) is 12.2. The quantitative estimate of drug-likeness (QED) is 0.795. The van der Waals surface area contributed by atoms with Crippen LogP contribution in [0.4, 0.5) is 0 Å². The lowest BCUT2D eigenvalue weighted by Crippen LogP contribution is -2.22. The van der Waals surface area contributed by atoms with Crippen molar-refractivity contribution in [2.75, 3.05) is 6.61 Å². The van der Waals surface area contributed by atoms with Crippen molar-refractivity contribution in [3.63, 3.8) is 0 Å². The molecule has 0 heterocycles. The van der Waals surface area contributed by atoms with Gasteiger partial charge in [0.1, 0.15) is 0 Å². The van der Waals surface area contributed by atoms with Crippen LogP contribution in [-0.2, 0) is 14.9 Å². The van der Waals surface area contributed by atoms with E-state index in [-0.39, 0.29) is 17.3 Å².